The van der Waals surface area contributed by atoms with Gasteiger partial charge in [0.15, 0.2) is 0 Å². The third-order valence-corrected chi connectivity index (χ3v) is 6.17. The van der Waals surface area contributed by atoms with Crippen molar-refractivity contribution in [2.45, 2.75) is 25.2 Å². The SMILES string of the molecule is CCN(CC)S(=O)(=O)c1cc(C(=O)NCCc2cccc(F)c2)ccc1F. The van der Waals surface area contributed by atoms with Crippen LogP contribution in [-0.4, -0.2) is 38.3 Å². The largest absolute Gasteiger partial charge is 0.352 e. The molecule has 8 heteroatoms. The van der Waals surface area contributed by atoms with Crippen molar-refractivity contribution in [1.29, 1.82) is 0 Å². The van der Waals surface area contributed by atoms with Gasteiger partial charge in [0.05, 0.1) is 0 Å². The summed E-state index contributed by atoms with van der Waals surface area (Å²) in [6, 6.07) is 9.27. The molecule has 0 aromatic heterocycles. The molecule has 146 valence electrons. The summed E-state index contributed by atoms with van der Waals surface area (Å²) in [6.45, 7) is 3.94. The molecule has 0 fully saturated rings. The van der Waals surface area contributed by atoms with E-state index in [1.807, 2.05) is 0 Å². The molecule has 2 aromatic rings. The highest BCUT2D eigenvalue weighted by molar-refractivity contribution is 7.89. The summed E-state index contributed by atoms with van der Waals surface area (Å²) in [6.07, 6.45) is 0.412. The molecule has 0 aliphatic heterocycles. The van der Waals surface area contributed by atoms with Gasteiger partial charge in [-0.2, -0.15) is 4.31 Å². The molecule has 0 spiro atoms. The lowest BCUT2D eigenvalue weighted by molar-refractivity contribution is 0.0954. The first-order valence-electron chi connectivity index (χ1n) is 8.62. The molecule has 2 aromatic carbocycles. The molecule has 27 heavy (non-hydrogen) atoms. The molecule has 0 saturated carbocycles. The van der Waals surface area contributed by atoms with Crippen molar-refractivity contribution in [1.82, 2.24) is 9.62 Å². The van der Waals surface area contributed by atoms with Gasteiger partial charge in [0.25, 0.3) is 5.91 Å². The van der Waals surface area contributed by atoms with Gasteiger partial charge in [-0.25, -0.2) is 17.2 Å². The molecular weight excluding hydrogens is 374 g/mol. The fourth-order valence-corrected chi connectivity index (χ4v) is 4.21. The second-order valence-electron chi connectivity index (χ2n) is 5.87. The van der Waals surface area contributed by atoms with Gasteiger partial charge in [-0.3, -0.25) is 4.79 Å². The second-order valence-corrected chi connectivity index (χ2v) is 7.78. The minimum Gasteiger partial charge on any atom is -0.352 e. The van der Waals surface area contributed by atoms with Gasteiger partial charge in [-0.1, -0.05) is 26.0 Å². The van der Waals surface area contributed by atoms with Gasteiger partial charge in [-0.05, 0) is 42.3 Å². The van der Waals surface area contributed by atoms with Crippen LogP contribution in [0.5, 0.6) is 0 Å². The van der Waals surface area contributed by atoms with Gasteiger partial charge in [0.2, 0.25) is 10.0 Å². The van der Waals surface area contributed by atoms with Crippen molar-refractivity contribution in [3.05, 3.63) is 65.2 Å². The maximum Gasteiger partial charge on any atom is 0.251 e. The zero-order chi connectivity index (χ0) is 20.0. The minimum atomic E-state index is -4.02. The number of hydrogen-bond donors (Lipinski definition) is 1. The van der Waals surface area contributed by atoms with Gasteiger partial charge >= 0.3 is 0 Å². The Balaban J connectivity index is 2.13. The highest BCUT2D eigenvalue weighted by Gasteiger charge is 2.26. The molecule has 1 N–H and O–H groups in total. The number of rotatable bonds is 8. The third-order valence-electron chi connectivity index (χ3n) is 4.10. The van der Waals surface area contributed by atoms with Crippen molar-refractivity contribution >= 4 is 15.9 Å². The summed E-state index contributed by atoms with van der Waals surface area (Å²) in [7, 11) is -4.02. The van der Waals surface area contributed by atoms with Gasteiger partial charge < -0.3 is 5.32 Å². The Labute approximate surface area is 158 Å². The average molecular weight is 396 g/mol. The fraction of sp³-hybridized carbons (Fsp3) is 0.316. The van der Waals surface area contributed by atoms with Crippen molar-refractivity contribution < 1.29 is 22.0 Å². The number of amides is 1. The van der Waals surface area contributed by atoms with E-state index in [9.17, 15) is 22.0 Å². The highest BCUT2D eigenvalue weighted by Crippen LogP contribution is 2.21. The van der Waals surface area contributed by atoms with E-state index >= 15 is 0 Å². The standard InChI is InChI=1S/C19H22F2N2O3S/c1-3-23(4-2)27(25,26)18-13-15(8-9-17(18)21)19(24)22-11-10-14-6-5-7-16(20)12-14/h5-9,12-13H,3-4,10-11H2,1-2H3,(H,22,24). The average Bonchev–Trinajstić information content (AvgIpc) is 2.62. The van der Waals surface area contributed by atoms with Gasteiger partial charge in [0.1, 0.15) is 16.5 Å². The molecule has 0 saturated heterocycles. The lowest BCUT2D eigenvalue weighted by atomic mass is 10.1. The molecule has 0 heterocycles. The van der Waals surface area contributed by atoms with Gasteiger partial charge in [0, 0.05) is 25.2 Å². The molecule has 0 bridgehead atoms. The molecule has 1 amide bonds. The smallest absolute Gasteiger partial charge is 0.251 e. The number of halogens is 2. The number of hydrogen-bond acceptors (Lipinski definition) is 3. The quantitative estimate of drug-likeness (QED) is 0.746. The first kappa shape index (κ1) is 21.0. The monoisotopic (exact) mass is 396 g/mol. The van der Waals surface area contributed by atoms with E-state index in [0.717, 1.165) is 22.0 Å². The first-order chi connectivity index (χ1) is 12.8. The van der Waals surface area contributed by atoms with Crippen LogP contribution in [0, 0.1) is 11.6 Å². The van der Waals surface area contributed by atoms with Gasteiger partial charge in [-0.15, -0.1) is 0 Å². The Hall–Kier alpha value is -2.32. The third kappa shape index (κ3) is 5.11. The maximum atomic E-state index is 14.1. The van der Waals surface area contributed by atoms with Crippen LogP contribution in [0.15, 0.2) is 47.4 Å². The van der Waals surface area contributed by atoms with E-state index in [1.54, 1.807) is 26.0 Å². The first-order valence-corrected chi connectivity index (χ1v) is 10.1. The molecule has 5 nitrogen and oxygen atoms in total. The molecule has 2 rings (SSSR count). The van der Waals surface area contributed by atoms with Crippen molar-refractivity contribution in [2.24, 2.45) is 0 Å². The summed E-state index contributed by atoms with van der Waals surface area (Å²) in [4.78, 5) is 11.8. The second kappa shape index (κ2) is 9.05. The number of carbonyl (C=O) groups excluding carboxylic acids is 1. The lowest BCUT2D eigenvalue weighted by Gasteiger charge is -2.19. The normalized spacial score (nSPS) is 11.6. The Morgan fingerprint density at radius 3 is 2.41 bits per heavy atom. The van der Waals surface area contributed by atoms with E-state index in [-0.39, 0.29) is 31.0 Å². The molecule has 0 unspecified atom stereocenters. The minimum absolute atomic E-state index is 0.0429. The Morgan fingerprint density at radius 2 is 1.78 bits per heavy atom. The molecule has 0 atom stereocenters. The van der Waals surface area contributed by atoms with E-state index < -0.39 is 26.6 Å². The summed E-state index contributed by atoms with van der Waals surface area (Å²) < 4.78 is 53.5. The molecule has 0 aliphatic rings. The summed E-state index contributed by atoms with van der Waals surface area (Å²) in [5.74, 6) is -1.79. The summed E-state index contributed by atoms with van der Waals surface area (Å²) in [5, 5.41) is 2.63. The lowest BCUT2D eigenvalue weighted by Crippen LogP contribution is -2.32. The topological polar surface area (TPSA) is 66.5 Å². The number of nitrogens with one attached hydrogen (secondary N) is 1. The van der Waals surface area contributed by atoms with Crippen LogP contribution in [0.1, 0.15) is 29.8 Å². The van der Waals surface area contributed by atoms with Crippen LogP contribution in [0.25, 0.3) is 0 Å². The molecule has 0 aliphatic carbocycles. The number of sulfonamides is 1. The number of nitrogens with zero attached hydrogens (tertiary/aromatic N) is 1. The predicted molar refractivity (Wildman–Crippen MR) is 98.9 cm³/mol. The molecule has 0 radical (unpaired) electrons. The van der Waals surface area contributed by atoms with E-state index in [2.05, 4.69) is 5.32 Å². The van der Waals surface area contributed by atoms with Crippen LogP contribution < -0.4 is 5.32 Å². The van der Waals surface area contributed by atoms with Crippen LogP contribution >= 0.6 is 0 Å². The van der Waals surface area contributed by atoms with Crippen LogP contribution in [-0.2, 0) is 16.4 Å². The predicted octanol–water partition coefficient (Wildman–Crippen LogP) is 2.97. The maximum absolute atomic E-state index is 14.1. The zero-order valence-electron chi connectivity index (χ0n) is 15.2. The van der Waals surface area contributed by atoms with Crippen molar-refractivity contribution in [3.63, 3.8) is 0 Å². The van der Waals surface area contributed by atoms with Crippen molar-refractivity contribution in [2.75, 3.05) is 19.6 Å². The zero-order valence-corrected chi connectivity index (χ0v) is 16.0. The summed E-state index contributed by atoms with van der Waals surface area (Å²) >= 11 is 0. The molecular formula is C19H22F2N2O3S. The highest BCUT2D eigenvalue weighted by atomic mass is 32.2. The number of carbonyl (C=O) groups is 1. The Morgan fingerprint density at radius 1 is 1.07 bits per heavy atom. The number of benzene rings is 2. The van der Waals surface area contributed by atoms with Crippen LogP contribution in [0.3, 0.4) is 0 Å². The van der Waals surface area contributed by atoms with E-state index in [0.29, 0.717) is 6.42 Å². The van der Waals surface area contributed by atoms with Crippen LogP contribution in [0.2, 0.25) is 0 Å². The summed E-state index contributed by atoms with van der Waals surface area (Å²) in [5.41, 5.74) is 0.764. The Bertz CT molecular complexity index is 913. The van der Waals surface area contributed by atoms with E-state index in [1.165, 1.54) is 18.2 Å². The van der Waals surface area contributed by atoms with E-state index in [4.69, 9.17) is 0 Å². The van der Waals surface area contributed by atoms with Crippen molar-refractivity contribution in [3.8, 4) is 0 Å². The van der Waals surface area contributed by atoms with Crippen LogP contribution in [0.4, 0.5) is 8.78 Å². The Kier molecular flexibility index (Phi) is 7.04. The fourth-order valence-electron chi connectivity index (χ4n) is 2.66.